The average Bonchev–Trinajstić information content (AvgIpc) is 3.48. The van der Waals surface area contributed by atoms with Crippen LogP contribution in [-0.4, -0.2) is 68.8 Å². The van der Waals surface area contributed by atoms with Crippen molar-refractivity contribution in [3.63, 3.8) is 0 Å². The van der Waals surface area contributed by atoms with Crippen LogP contribution in [0, 0.1) is 20.8 Å². The molecule has 0 saturated heterocycles. The summed E-state index contributed by atoms with van der Waals surface area (Å²) in [5, 5.41) is 14.7. The topological polar surface area (TPSA) is 114 Å². The van der Waals surface area contributed by atoms with Crippen LogP contribution in [0.3, 0.4) is 0 Å². The fourth-order valence-corrected chi connectivity index (χ4v) is 12.6. The van der Waals surface area contributed by atoms with Gasteiger partial charge in [-0.15, -0.1) is 11.3 Å². The normalized spacial score (nSPS) is 14.1. The standard InChI is InChI=1S/C68H72N8O2S2/c1-45-37-57-63(79-65-43-61(47(3)39-59(65)73-57)75(5)53-21-13-11-14-22-53)41-55(45)69-33-17-7-9-19-35-71-67(77)51-29-25-49(26-30-51)50-27-31-52(32-28-50)68(78)72-36-20-10-8-18-34-70-56-42-64-58(38-46(56)2)74-60-40-48(4)62(44-66(60)80-64)76(6)54-23-15-12-16-24-54/h11-16,21-32,37-44,61,69H,7-10,17-20,33-36H2,1-6H3,(H2,71,72,77,78)/p+1. The SMILES string of the molecule is CC1=CC2=Nc3cc(C)c(NCCCCCCNC(=O)c4ccc(-c5ccc(C(=O)NCCCCCCNc6cc7sc8cc(=[N+](C)c9ccccc9)c(C)cc-8nc7cc6C)cc5)cc4)cc3SC2=CC1N(C)c1ccccc1. The number of thioether (sulfide) groups is 1. The molecular weight excluding hydrogens is 1020 g/mol. The number of rotatable bonds is 22. The van der Waals surface area contributed by atoms with Crippen molar-refractivity contribution in [1.82, 2.24) is 20.2 Å². The molecule has 12 heteroatoms. The molecule has 1 atom stereocenters. The molecule has 2 heterocycles. The Kier molecular flexibility index (Phi) is 18.0. The van der Waals surface area contributed by atoms with Gasteiger partial charge in [0.2, 0.25) is 11.0 Å². The average molecular weight is 1100 g/mol. The minimum atomic E-state index is -0.0620. The van der Waals surface area contributed by atoms with E-state index in [9.17, 15) is 9.59 Å². The van der Waals surface area contributed by atoms with Crippen molar-refractivity contribution in [3.8, 4) is 21.7 Å². The zero-order valence-electron chi connectivity index (χ0n) is 47.0. The van der Waals surface area contributed by atoms with Gasteiger partial charge in [-0.1, -0.05) is 98.1 Å². The van der Waals surface area contributed by atoms with Gasteiger partial charge < -0.3 is 26.2 Å². The van der Waals surface area contributed by atoms with E-state index in [0.29, 0.717) is 24.2 Å². The second-order valence-corrected chi connectivity index (χ2v) is 23.4. The van der Waals surface area contributed by atoms with Crippen molar-refractivity contribution < 1.29 is 9.59 Å². The van der Waals surface area contributed by atoms with Gasteiger partial charge in [-0.3, -0.25) is 9.59 Å². The van der Waals surface area contributed by atoms with Crippen LogP contribution in [0.1, 0.15) is 95.7 Å². The smallest absolute Gasteiger partial charge is 0.251 e. The molecule has 0 spiro atoms. The Morgan fingerprint density at radius 1 is 0.613 bits per heavy atom. The molecule has 0 aromatic heterocycles. The number of amides is 2. The maximum absolute atomic E-state index is 13.0. The van der Waals surface area contributed by atoms with Crippen molar-refractivity contribution in [2.45, 2.75) is 90.0 Å². The van der Waals surface area contributed by atoms with Gasteiger partial charge in [-0.2, -0.15) is 4.58 Å². The number of benzene rings is 7. The second-order valence-electron chi connectivity index (χ2n) is 21.2. The highest BCUT2D eigenvalue weighted by molar-refractivity contribution is 8.04. The molecule has 2 aliphatic carbocycles. The molecule has 4 N–H and O–H groups in total. The minimum Gasteiger partial charge on any atom is -0.385 e. The molecule has 0 fully saturated rings. The lowest BCUT2D eigenvalue weighted by Gasteiger charge is -2.33. The van der Waals surface area contributed by atoms with Crippen LogP contribution in [0.4, 0.5) is 28.4 Å². The first-order valence-electron chi connectivity index (χ1n) is 28.3. The van der Waals surface area contributed by atoms with E-state index in [0.717, 1.165) is 115 Å². The molecule has 80 heavy (non-hydrogen) atoms. The van der Waals surface area contributed by atoms with Crippen LogP contribution < -0.4 is 36.1 Å². The molecule has 10 rings (SSSR count). The van der Waals surface area contributed by atoms with Gasteiger partial charge in [0.1, 0.15) is 7.05 Å². The quantitative estimate of drug-likeness (QED) is 0.0304. The zero-order valence-corrected chi connectivity index (χ0v) is 48.6. The highest BCUT2D eigenvalue weighted by Crippen LogP contribution is 2.45. The number of aliphatic imine (C=N–C) groups is 1. The number of para-hydroxylation sites is 2. The van der Waals surface area contributed by atoms with Crippen LogP contribution in [0.5, 0.6) is 0 Å². The number of carbonyl (C=O) groups is 2. The predicted molar refractivity (Wildman–Crippen MR) is 338 cm³/mol. The number of unbranched alkanes of at least 4 members (excludes halogenated alkanes) is 6. The number of hydrogen-bond acceptors (Lipinski definition) is 9. The van der Waals surface area contributed by atoms with Crippen molar-refractivity contribution in [1.29, 1.82) is 0 Å². The number of aromatic nitrogens is 1. The van der Waals surface area contributed by atoms with E-state index in [2.05, 4.69) is 176 Å². The fraction of sp³-hybridized carbons (Fsp3) is 0.279. The molecule has 4 aliphatic rings. The highest BCUT2D eigenvalue weighted by atomic mass is 32.2. The Bertz CT molecular complexity index is 3640. The first kappa shape index (κ1) is 55.5. The van der Waals surface area contributed by atoms with Gasteiger partial charge in [-0.05, 0) is 160 Å². The largest absolute Gasteiger partial charge is 0.385 e. The lowest BCUT2D eigenvalue weighted by molar-refractivity contribution is 0.0944. The summed E-state index contributed by atoms with van der Waals surface area (Å²) in [6.07, 6.45) is 12.8. The van der Waals surface area contributed by atoms with E-state index in [-0.39, 0.29) is 17.9 Å². The van der Waals surface area contributed by atoms with E-state index in [1.54, 1.807) is 11.3 Å². The molecule has 0 radical (unpaired) electrons. The molecule has 0 bridgehead atoms. The number of fused-ring (bicyclic) bond motifs is 4. The third-order valence-electron chi connectivity index (χ3n) is 15.3. The van der Waals surface area contributed by atoms with Crippen molar-refractivity contribution in [2.24, 2.45) is 4.99 Å². The minimum absolute atomic E-state index is 0.0613. The molecule has 6 aromatic rings. The van der Waals surface area contributed by atoms with Crippen molar-refractivity contribution >= 4 is 79.3 Å². The molecule has 6 aromatic carbocycles. The summed E-state index contributed by atoms with van der Waals surface area (Å²) < 4.78 is 3.41. The number of hydrogen-bond donors (Lipinski definition) is 4. The first-order valence-corrected chi connectivity index (χ1v) is 29.9. The second kappa shape index (κ2) is 26.0. The maximum Gasteiger partial charge on any atom is 0.251 e. The summed E-state index contributed by atoms with van der Waals surface area (Å²) >= 11 is 3.60. The third-order valence-corrected chi connectivity index (χ3v) is 17.5. The summed E-state index contributed by atoms with van der Waals surface area (Å²) in [6, 6.07) is 49.9. The van der Waals surface area contributed by atoms with E-state index in [1.807, 2.05) is 66.4 Å². The van der Waals surface area contributed by atoms with Gasteiger partial charge in [-0.25, -0.2) is 9.98 Å². The maximum atomic E-state index is 13.0. The number of allylic oxidation sites excluding steroid dienone is 2. The molecule has 2 amide bonds. The fourth-order valence-electron chi connectivity index (χ4n) is 10.6. The van der Waals surface area contributed by atoms with Crippen LogP contribution >= 0.6 is 23.1 Å². The summed E-state index contributed by atoms with van der Waals surface area (Å²) in [4.78, 5) is 42.0. The molecule has 1 unspecified atom stereocenters. The number of nitrogens with zero attached hydrogens (tertiary/aromatic N) is 4. The Morgan fingerprint density at radius 2 is 1.18 bits per heavy atom. The predicted octanol–water partition coefficient (Wildman–Crippen LogP) is 15.1. The number of likely N-dealkylation sites (N-methyl/N-ethyl adjacent to an activating group) is 1. The molecule has 10 nitrogen and oxygen atoms in total. The Labute approximate surface area is 480 Å². The molecule has 2 aliphatic heterocycles. The van der Waals surface area contributed by atoms with Gasteiger partial charge in [0.25, 0.3) is 11.8 Å². The van der Waals surface area contributed by atoms with E-state index < -0.39 is 0 Å². The lowest BCUT2D eigenvalue weighted by atomic mass is 9.98. The summed E-state index contributed by atoms with van der Waals surface area (Å²) in [7, 11) is 4.28. The van der Waals surface area contributed by atoms with E-state index >= 15 is 0 Å². The van der Waals surface area contributed by atoms with E-state index in [1.165, 1.54) is 52.7 Å². The van der Waals surface area contributed by atoms with Crippen molar-refractivity contribution in [2.75, 3.05) is 55.8 Å². The van der Waals surface area contributed by atoms with Gasteiger partial charge in [0.15, 0.2) is 0 Å². The molecular formula is C68H73N8O2S2+. The van der Waals surface area contributed by atoms with Crippen LogP contribution in [0.25, 0.3) is 31.9 Å². The Morgan fingerprint density at radius 3 is 1.79 bits per heavy atom. The summed E-state index contributed by atoms with van der Waals surface area (Å²) in [6.45, 7) is 11.7. The Balaban J connectivity index is 0.595. The van der Waals surface area contributed by atoms with Crippen LogP contribution in [-0.2, 0) is 0 Å². The number of aryl methyl sites for hydroxylation is 3. The summed E-state index contributed by atoms with van der Waals surface area (Å²) in [5.74, 6) is -0.123. The number of nitrogens with one attached hydrogen (secondary N) is 4. The monoisotopic (exact) mass is 1100 g/mol. The van der Waals surface area contributed by atoms with Crippen molar-refractivity contribution in [3.05, 3.63) is 201 Å². The molecule has 0 saturated carbocycles. The lowest BCUT2D eigenvalue weighted by Crippen LogP contribution is -2.33. The van der Waals surface area contributed by atoms with E-state index in [4.69, 9.17) is 9.98 Å². The number of anilines is 3. The van der Waals surface area contributed by atoms with Gasteiger partial charge >= 0.3 is 0 Å². The first-order chi connectivity index (χ1) is 38.9. The summed E-state index contributed by atoms with van der Waals surface area (Å²) in [5.41, 5.74) is 16.9. The third kappa shape index (κ3) is 13.4. The number of carbonyl (C=O) groups excluding carboxylic acids is 2. The molecule has 408 valence electrons. The zero-order chi connectivity index (χ0) is 55.5. The van der Waals surface area contributed by atoms with Crippen LogP contribution in [0.15, 0.2) is 178 Å². The van der Waals surface area contributed by atoms with Crippen LogP contribution in [0.2, 0.25) is 0 Å². The van der Waals surface area contributed by atoms with Gasteiger partial charge in [0.05, 0.1) is 38.2 Å². The highest BCUT2D eigenvalue weighted by Gasteiger charge is 2.27. The Hall–Kier alpha value is -7.80. The van der Waals surface area contributed by atoms with Gasteiger partial charge in [0, 0.05) is 95.0 Å².